The van der Waals surface area contributed by atoms with E-state index in [2.05, 4.69) is 9.47 Å². The Hall–Kier alpha value is -1.76. The lowest BCUT2D eigenvalue weighted by Crippen LogP contribution is -2.17. The Morgan fingerprint density at radius 1 is 0.793 bits per heavy atom. The number of benzene rings is 2. The molecule has 0 aliphatic rings. The van der Waals surface area contributed by atoms with Gasteiger partial charge in [0.15, 0.2) is 0 Å². The molecular weight excluding hydrogens is 499 g/mol. The summed E-state index contributed by atoms with van der Waals surface area (Å²) in [7, 11) is 0.884. The van der Waals surface area contributed by atoms with Crippen molar-refractivity contribution in [3.8, 4) is 11.5 Å². The van der Waals surface area contributed by atoms with Crippen LogP contribution in [0.3, 0.4) is 0 Å². The van der Waals surface area contributed by atoms with E-state index >= 15 is 0 Å². The predicted octanol–water partition coefficient (Wildman–Crippen LogP) is 5.99. The number of anilines is 1. The highest BCUT2D eigenvalue weighted by Gasteiger charge is 2.32. The van der Waals surface area contributed by atoms with Gasteiger partial charge in [-0.25, -0.2) is 8.42 Å². The SMILES string of the molecule is Nc1ccc(OC(F)(F)F)cc1Cl.O=S(=O)(Cl)c1ccc(OC(F)(F)F)cc1Cl. The molecule has 2 rings (SSSR count). The number of hydrogen-bond acceptors (Lipinski definition) is 5. The summed E-state index contributed by atoms with van der Waals surface area (Å²) in [6.45, 7) is 0. The molecule has 0 aromatic heterocycles. The Labute approximate surface area is 174 Å². The highest BCUT2D eigenvalue weighted by Crippen LogP contribution is 2.31. The average Bonchev–Trinajstić information content (AvgIpc) is 2.47. The van der Waals surface area contributed by atoms with Gasteiger partial charge in [0.05, 0.1) is 15.7 Å². The lowest BCUT2D eigenvalue weighted by atomic mass is 10.3. The number of ether oxygens (including phenoxy) is 2. The Kier molecular flexibility index (Phi) is 8.17. The molecule has 0 aliphatic carbocycles. The van der Waals surface area contributed by atoms with Gasteiger partial charge in [0.2, 0.25) is 0 Å². The normalized spacial score (nSPS) is 12.0. The molecule has 5 nitrogen and oxygen atoms in total. The molecule has 162 valence electrons. The third-order valence-corrected chi connectivity index (χ3v) is 4.74. The first-order valence-electron chi connectivity index (χ1n) is 6.78. The molecule has 0 fully saturated rings. The van der Waals surface area contributed by atoms with Crippen molar-refractivity contribution < 1.29 is 44.2 Å². The summed E-state index contributed by atoms with van der Waals surface area (Å²) < 4.78 is 99.3. The van der Waals surface area contributed by atoms with Gasteiger partial charge in [-0.3, -0.25) is 0 Å². The molecule has 2 N–H and O–H groups in total. The third-order valence-electron chi connectivity index (χ3n) is 2.61. The minimum atomic E-state index is -4.87. The second-order valence-electron chi connectivity index (χ2n) is 4.81. The van der Waals surface area contributed by atoms with Crippen molar-refractivity contribution >= 4 is 48.6 Å². The van der Waals surface area contributed by atoms with Crippen LogP contribution in [0, 0.1) is 0 Å². The van der Waals surface area contributed by atoms with Crippen LogP contribution in [-0.4, -0.2) is 21.1 Å². The van der Waals surface area contributed by atoms with Crippen molar-refractivity contribution in [3.63, 3.8) is 0 Å². The molecule has 2 aromatic carbocycles. The summed E-state index contributed by atoms with van der Waals surface area (Å²) in [6.07, 6.45) is -9.58. The van der Waals surface area contributed by atoms with Gasteiger partial charge in [0.1, 0.15) is 16.4 Å². The van der Waals surface area contributed by atoms with Gasteiger partial charge in [-0.05, 0) is 24.3 Å². The molecule has 0 saturated carbocycles. The standard InChI is InChI=1S/C7H3Cl2F3O3S.C7H5ClF3NO/c8-5-3-4(15-7(10,11)12)1-2-6(5)16(9,13)14;8-5-3-4(1-2-6(5)12)13-7(9,10)11/h1-3H;1-3H,12H2. The van der Waals surface area contributed by atoms with E-state index in [1.165, 1.54) is 6.07 Å². The lowest BCUT2D eigenvalue weighted by Gasteiger charge is -2.09. The van der Waals surface area contributed by atoms with E-state index in [1.54, 1.807) is 0 Å². The van der Waals surface area contributed by atoms with E-state index < -0.39 is 37.4 Å². The number of alkyl halides is 6. The monoisotopic (exact) mass is 505 g/mol. The van der Waals surface area contributed by atoms with E-state index in [4.69, 9.17) is 39.6 Å². The topological polar surface area (TPSA) is 78.6 Å². The van der Waals surface area contributed by atoms with Crippen LogP contribution in [0.25, 0.3) is 0 Å². The quantitative estimate of drug-likeness (QED) is 0.314. The van der Waals surface area contributed by atoms with Gasteiger partial charge in [-0.1, -0.05) is 23.2 Å². The molecule has 29 heavy (non-hydrogen) atoms. The first kappa shape index (κ1) is 25.3. The summed E-state index contributed by atoms with van der Waals surface area (Å²) in [4.78, 5) is -0.481. The number of hydrogen-bond donors (Lipinski definition) is 1. The fourth-order valence-electron chi connectivity index (χ4n) is 1.58. The zero-order valence-corrected chi connectivity index (χ0v) is 16.6. The van der Waals surface area contributed by atoms with E-state index in [0.29, 0.717) is 6.07 Å². The second kappa shape index (κ2) is 9.37. The maximum atomic E-state index is 11.8. The second-order valence-corrected chi connectivity index (χ2v) is 8.16. The third kappa shape index (κ3) is 9.52. The summed E-state index contributed by atoms with van der Waals surface area (Å²) in [5.74, 6) is -1.01. The molecule has 0 atom stereocenters. The van der Waals surface area contributed by atoms with Crippen LogP contribution in [0.2, 0.25) is 10.0 Å². The zero-order valence-electron chi connectivity index (χ0n) is 13.5. The Morgan fingerprint density at radius 3 is 1.55 bits per heavy atom. The molecule has 0 bridgehead atoms. The van der Waals surface area contributed by atoms with Gasteiger partial charge < -0.3 is 15.2 Å². The van der Waals surface area contributed by atoms with E-state index in [0.717, 1.165) is 24.3 Å². The number of nitrogens with two attached hydrogens (primary N) is 1. The fourth-order valence-corrected chi connectivity index (χ4v) is 3.27. The first-order valence-corrected chi connectivity index (χ1v) is 9.85. The highest BCUT2D eigenvalue weighted by molar-refractivity contribution is 8.13. The van der Waals surface area contributed by atoms with Crippen molar-refractivity contribution in [2.45, 2.75) is 17.6 Å². The van der Waals surface area contributed by atoms with Crippen LogP contribution < -0.4 is 15.2 Å². The van der Waals surface area contributed by atoms with Gasteiger partial charge in [0.25, 0.3) is 9.05 Å². The average molecular weight is 507 g/mol. The maximum absolute atomic E-state index is 11.8. The van der Waals surface area contributed by atoms with Crippen LogP contribution in [0.5, 0.6) is 11.5 Å². The van der Waals surface area contributed by atoms with Crippen LogP contribution in [0.15, 0.2) is 41.3 Å². The zero-order chi connectivity index (χ0) is 22.6. The smallest absolute Gasteiger partial charge is 0.406 e. The summed E-state index contributed by atoms with van der Waals surface area (Å²) in [6, 6.07) is 5.67. The van der Waals surface area contributed by atoms with Crippen molar-refractivity contribution in [1.29, 1.82) is 0 Å². The molecule has 15 heteroatoms. The van der Waals surface area contributed by atoms with Crippen molar-refractivity contribution in [2.75, 3.05) is 5.73 Å². The molecule has 0 saturated heterocycles. The molecule has 0 amide bonds. The van der Waals surface area contributed by atoms with Crippen molar-refractivity contribution in [1.82, 2.24) is 0 Å². The summed E-state index contributed by atoms with van der Waals surface area (Å²) >= 11 is 10.9. The fraction of sp³-hybridized carbons (Fsp3) is 0.143. The van der Waals surface area contributed by atoms with E-state index in [1.807, 2.05) is 0 Å². The molecule has 0 spiro atoms. The van der Waals surface area contributed by atoms with Gasteiger partial charge in [0, 0.05) is 22.8 Å². The number of rotatable bonds is 3. The van der Waals surface area contributed by atoms with Crippen LogP contribution in [0.4, 0.5) is 32.0 Å². The van der Waals surface area contributed by atoms with Crippen LogP contribution in [-0.2, 0) is 9.05 Å². The predicted molar refractivity (Wildman–Crippen MR) is 93.7 cm³/mol. The van der Waals surface area contributed by atoms with Crippen LogP contribution in [0.1, 0.15) is 0 Å². The number of nitrogen functional groups attached to an aromatic ring is 1. The summed E-state index contributed by atoms with van der Waals surface area (Å²) in [5.41, 5.74) is 5.49. The van der Waals surface area contributed by atoms with Crippen LogP contribution >= 0.6 is 33.9 Å². The highest BCUT2D eigenvalue weighted by atomic mass is 35.7. The Balaban J connectivity index is 0.000000296. The minimum absolute atomic E-state index is 0.0294. The lowest BCUT2D eigenvalue weighted by molar-refractivity contribution is -0.275. The van der Waals surface area contributed by atoms with Gasteiger partial charge >= 0.3 is 12.7 Å². The molecule has 0 unspecified atom stereocenters. The Morgan fingerprint density at radius 2 is 1.21 bits per heavy atom. The maximum Gasteiger partial charge on any atom is 0.573 e. The molecule has 0 heterocycles. The minimum Gasteiger partial charge on any atom is -0.406 e. The summed E-state index contributed by atoms with van der Waals surface area (Å²) in [5, 5.41) is -0.418. The molecule has 2 aromatic rings. The van der Waals surface area contributed by atoms with Gasteiger partial charge in [-0.15, -0.1) is 26.3 Å². The van der Waals surface area contributed by atoms with Crippen molar-refractivity contribution in [3.05, 3.63) is 46.4 Å². The number of halogens is 9. The van der Waals surface area contributed by atoms with E-state index in [-0.39, 0.29) is 16.5 Å². The van der Waals surface area contributed by atoms with Gasteiger partial charge in [-0.2, -0.15) is 0 Å². The molecule has 0 aliphatic heterocycles. The van der Waals surface area contributed by atoms with E-state index in [9.17, 15) is 34.8 Å². The van der Waals surface area contributed by atoms with Crippen molar-refractivity contribution in [2.24, 2.45) is 0 Å². The molecule has 0 radical (unpaired) electrons. The Bertz CT molecular complexity index is 967. The first-order chi connectivity index (χ1) is 13.0. The molecular formula is C14H8Cl3F6NO4S. The largest absolute Gasteiger partial charge is 0.573 e.